The van der Waals surface area contributed by atoms with Crippen molar-refractivity contribution >= 4 is 56.0 Å². The number of para-hydroxylation sites is 1. The van der Waals surface area contributed by atoms with Crippen molar-refractivity contribution in [3.05, 3.63) is 127 Å². The number of Topliss-reactive ketones (excluding diaryl/α,β-unsaturated/α-hetero) is 1. The molecule has 5 aromatic rings. The maximum Gasteiger partial charge on any atom is 0.163 e. The predicted octanol–water partition coefficient (Wildman–Crippen LogP) is 9.07. The van der Waals surface area contributed by atoms with E-state index in [9.17, 15) is 4.79 Å². The molecule has 0 heterocycles. The average molecular weight is 484 g/mol. The molecule has 3 nitrogen and oxygen atoms in total. The van der Waals surface area contributed by atoms with Crippen LogP contribution in [-0.2, 0) is 9.53 Å². The zero-order valence-electron chi connectivity index (χ0n) is 21.4. The number of benzene rings is 5. The standard InChI is InChI=1S/C34H29NO2/c1-5-25-13-7-11-19-31(25)35(32-20-12-15-26-14-6-8-16-27(26)32)33-22-21-30(28-17-9-10-18-29(28)33)34(23(2)36)24(3)37-4/h5-22H,1H2,2-4H3/b34-24+. The summed E-state index contributed by atoms with van der Waals surface area (Å²) in [6, 6.07) is 35.5. The van der Waals surface area contributed by atoms with Gasteiger partial charge in [-0.3, -0.25) is 4.79 Å². The van der Waals surface area contributed by atoms with Crippen molar-refractivity contribution in [2.75, 3.05) is 12.0 Å². The summed E-state index contributed by atoms with van der Waals surface area (Å²) in [6.45, 7) is 7.51. The van der Waals surface area contributed by atoms with Gasteiger partial charge >= 0.3 is 0 Å². The lowest BCUT2D eigenvalue weighted by Gasteiger charge is -2.30. The number of fused-ring (bicyclic) bond motifs is 2. The quantitative estimate of drug-likeness (QED) is 0.171. The molecular formula is C34H29NO2. The number of ether oxygens (including phenoxy) is 1. The second kappa shape index (κ2) is 10.2. The normalized spacial score (nSPS) is 11.8. The van der Waals surface area contributed by atoms with Crippen LogP contribution in [0.5, 0.6) is 0 Å². The summed E-state index contributed by atoms with van der Waals surface area (Å²) in [6.07, 6.45) is 1.89. The molecule has 0 unspecified atom stereocenters. The van der Waals surface area contributed by atoms with Gasteiger partial charge in [-0.05, 0) is 53.9 Å². The molecule has 0 aliphatic carbocycles. The van der Waals surface area contributed by atoms with Crippen LogP contribution in [0.1, 0.15) is 25.0 Å². The SMILES string of the molecule is C=Cc1ccccc1N(c1cccc2ccccc12)c1ccc(/C(C(C)=O)=C(\C)OC)c2ccccc12. The van der Waals surface area contributed by atoms with E-state index in [0.717, 1.165) is 44.3 Å². The van der Waals surface area contributed by atoms with Crippen LogP contribution in [0, 0.1) is 0 Å². The third-order valence-corrected chi connectivity index (χ3v) is 6.83. The van der Waals surface area contributed by atoms with Gasteiger partial charge < -0.3 is 9.64 Å². The number of hydrogen-bond acceptors (Lipinski definition) is 3. The van der Waals surface area contributed by atoms with Crippen LogP contribution >= 0.6 is 0 Å². The van der Waals surface area contributed by atoms with Gasteiger partial charge in [-0.2, -0.15) is 0 Å². The van der Waals surface area contributed by atoms with Crippen molar-refractivity contribution in [3.63, 3.8) is 0 Å². The highest BCUT2D eigenvalue weighted by Crippen LogP contribution is 2.44. The van der Waals surface area contributed by atoms with E-state index in [1.165, 1.54) is 5.39 Å². The fourth-order valence-corrected chi connectivity index (χ4v) is 5.08. The number of carbonyl (C=O) groups is 1. The Morgan fingerprint density at radius 2 is 1.30 bits per heavy atom. The third-order valence-electron chi connectivity index (χ3n) is 6.83. The molecule has 5 aromatic carbocycles. The Morgan fingerprint density at radius 3 is 2.03 bits per heavy atom. The molecule has 37 heavy (non-hydrogen) atoms. The van der Waals surface area contributed by atoms with Gasteiger partial charge in [0, 0.05) is 10.8 Å². The minimum absolute atomic E-state index is 0.0276. The molecule has 0 aromatic heterocycles. The Hall–Kier alpha value is -4.63. The third kappa shape index (κ3) is 4.30. The number of anilines is 3. The van der Waals surface area contributed by atoms with Crippen molar-refractivity contribution in [2.24, 2.45) is 0 Å². The molecule has 3 heteroatoms. The Kier molecular flexibility index (Phi) is 6.61. The van der Waals surface area contributed by atoms with E-state index in [-0.39, 0.29) is 5.78 Å². The fraction of sp³-hybridized carbons (Fsp3) is 0.0882. The first-order chi connectivity index (χ1) is 18.0. The molecule has 0 fully saturated rings. The molecule has 0 amide bonds. The minimum atomic E-state index is -0.0276. The Bertz CT molecular complexity index is 1670. The van der Waals surface area contributed by atoms with Crippen LogP contribution < -0.4 is 4.90 Å². The lowest BCUT2D eigenvalue weighted by atomic mass is 9.93. The van der Waals surface area contributed by atoms with Gasteiger partial charge in [-0.15, -0.1) is 0 Å². The fourth-order valence-electron chi connectivity index (χ4n) is 5.08. The molecule has 5 rings (SSSR count). The van der Waals surface area contributed by atoms with Crippen LogP contribution in [-0.4, -0.2) is 12.9 Å². The van der Waals surface area contributed by atoms with Crippen LogP contribution in [0.3, 0.4) is 0 Å². The average Bonchev–Trinajstić information content (AvgIpc) is 2.94. The van der Waals surface area contributed by atoms with Crippen molar-refractivity contribution in [1.82, 2.24) is 0 Å². The summed E-state index contributed by atoms with van der Waals surface area (Å²) in [7, 11) is 1.60. The summed E-state index contributed by atoms with van der Waals surface area (Å²) in [4.78, 5) is 15.0. The van der Waals surface area contributed by atoms with E-state index in [1.54, 1.807) is 14.0 Å². The second-order valence-electron chi connectivity index (χ2n) is 8.97. The van der Waals surface area contributed by atoms with Crippen LogP contribution in [0.25, 0.3) is 33.2 Å². The van der Waals surface area contributed by atoms with E-state index in [1.807, 2.05) is 37.3 Å². The highest BCUT2D eigenvalue weighted by molar-refractivity contribution is 6.24. The highest BCUT2D eigenvalue weighted by Gasteiger charge is 2.22. The van der Waals surface area contributed by atoms with Gasteiger partial charge in [0.05, 0.1) is 29.7 Å². The number of hydrogen-bond donors (Lipinski definition) is 0. The molecule has 0 aliphatic heterocycles. The van der Waals surface area contributed by atoms with Gasteiger partial charge in [0.1, 0.15) is 5.76 Å². The Morgan fingerprint density at radius 1 is 0.703 bits per heavy atom. The first-order valence-corrected chi connectivity index (χ1v) is 12.3. The molecule has 0 atom stereocenters. The number of rotatable bonds is 7. The van der Waals surface area contributed by atoms with Gasteiger partial charge in [0.2, 0.25) is 0 Å². The number of carbonyl (C=O) groups excluding carboxylic acids is 1. The highest BCUT2D eigenvalue weighted by atomic mass is 16.5. The molecule has 0 aliphatic rings. The van der Waals surface area contributed by atoms with Crippen molar-refractivity contribution in [1.29, 1.82) is 0 Å². The zero-order valence-corrected chi connectivity index (χ0v) is 21.4. The van der Waals surface area contributed by atoms with E-state index in [4.69, 9.17) is 4.74 Å². The molecule has 182 valence electrons. The van der Waals surface area contributed by atoms with E-state index < -0.39 is 0 Å². The molecule has 0 saturated heterocycles. The first kappa shape index (κ1) is 24.1. The monoisotopic (exact) mass is 483 g/mol. The number of ketones is 1. The molecule has 0 radical (unpaired) electrons. The summed E-state index contributed by atoms with van der Waals surface area (Å²) in [5, 5.41) is 4.34. The summed E-state index contributed by atoms with van der Waals surface area (Å²) < 4.78 is 5.51. The molecule has 0 N–H and O–H groups in total. The van der Waals surface area contributed by atoms with Gasteiger partial charge in [0.25, 0.3) is 0 Å². The van der Waals surface area contributed by atoms with Crippen LogP contribution in [0.15, 0.2) is 115 Å². The summed E-state index contributed by atoms with van der Waals surface area (Å²) in [5.74, 6) is 0.577. The van der Waals surface area contributed by atoms with E-state index in [2.05, 4.69) is 90.3 Å². The zero-order chi connectivity index (χ0) is 25.9. The summed E-state index contributed by atoms with van der Waals surface area (Å²) in [5.41, 5.74) is 5.60. The maximum absolute atomic E-state index is 12.7. The van der Waals surface area contributed by atoms with Crippen molar-refractivity contribution in [3.8, 4) is 0 Å². The van der Waals surface area contributed by atoms with Gasteiger partial charge in [0.15, 0.2) is 5.78 Å². The smallest absolute Gasteiger partial charge is 0.163 e. The van der Waals surface area contributed by atoms with Crippen LogP contribution in [0.4, 0.5) is 17.1 Å². The van der Waals surface area contributed by atoms with Crippen molar-refractivity contribution < 1.29 is 9.53 Å². The number of methoxy groups -OCH3 is 1. The molecular weight excluding hydrogens is 454 g/mol. The largest absolute Gasteiger partial charge is 0.501 e. The number of nitrogens with zero attached hydrogens (tertiary/aromatic N) is 1. The second-order valence-corrected chi connectivity index (χ2v) is 8.97. The van der Waals surface area contributed by atoms with Gasteiger partial charge in [-0.1, -0.05) is 97.6 Å². The first-order valence-electron chi connectivity index (χ1n) is 12.3. The lowest BCUT2D eigenvalue weighted by Crippen LogP contribution is -2.13. The predicted molar refractivity (Wildman–Crippen MR) is 157 cm³/mol. The Labute approximate surface area is 217 Å². The number of allylic oxidation sites excluding steroid dienone is 2. The van der Waals surface area contributed by atoms with Gasteiger partial charge in [-0.25, -0.2) is 0 Å². The minimum Gasteiger partial charge on any atom is -0.501 e. The van der Waals surface area contributed by atoms with Crippen molar-refractivity contribution in [2.45, 2.75) is 13.8 Å². The molecule has 0 bridgehead atoms. The lowest BCUT2D eigenvalue weighted by molar-refractivity contribution is -0.111. The molecule has 0 saturated carbocycles. The molecule has 0 spiro atoms. The Balaban J connectivity index is 1.88. The maximum atomic E-state index is 12.7. The van der Waals surface area contributed by atoms with E-state index in [0.29, 0.717) is 11.3 Å². The van der Waals surface area contributed by atoms with E-state index >= 15 is 0 Å². The summed E-state index contributed by atoms with van der Waals surface area (Å²) >= 11 is 0. The topological polar surface area (TPSA) is 29.5 Å². The van der Waals surface area contributed by atoms with Crippen LogP contribution in [0.2, 0.25) is 0 Å².